The van der Waals surface area contributed by atoms with Crippen molar-refractivity contribution in [3.05, 3.63) is 69.0 Å². The van der Waals surface area contributed by atoms with Gasteiger partial charge in [0.25, 0.3) is 0 Å². The van der Waals surface area contributed by atoms with E-state index in [0.717, 1.165) is 37.4 Å². The second-order valence-electron chi connectivity index (χ2n) is 7.31. The fourth-order valence-electron chi connectivity index (χ4n) is 4.02. The van der Waals surface area contributed by atoms with Crippen LogP contribution in [0.5, 0.6) is 5.75 Å². The van der Waals surface area contributed by atoms with E-state index in [1.165, 1.54) is 10.6 Å². The van der Waals surface area contributed by atoms with Gasteiger partial charge in [-0.05, 0) is 31.2 Å². The molecule has 1 saturated heterocycles. The number of piperazine rings is 1. The van der Waals surface area contributed by atoms with Crippen molar-refractivity contribution >= 4 is 28.2 Å². The Morgan fingerprint density at radius 3 is 2.54 bits per heavy atom. The van der Waals surface area contributed by atoms with Gasteiger partial charge >= 0.3 is 0 Å². The summed E-state index contributed by atoms with van der Waals surface area (Å²) < 4.78 is 5.40. The molecule has 0 amide bonds. The van der Waals surface area contributed by atoms with Crippen molar-refractivity contribution in [2.24, 2.45) is 0 Å². The van der Waals surface area contributed by atoms with E-state index in [2.05, 4.69) is 34.1 Å². The van der Waals surface area contributed by atoms with Crippen molar-refractivity contribution in [3.8, 4) is 5.75 Å². The molecule has 0 saturated carbocycles. The molecule has 146 valence electrons. The maximum atomic E-state index is 13.2. The van der Waals surface area contributed by atoms with Gasteiger partial charge in [-0.3, -0.25) is 4.79 Å². The number of H-pyrrole nitrogens is 1. The quantitative estimate of drug-likeness (QED) is 0.709. The van der Waals surface area contributed by atoms with Gasteiger partial charge in [0, 0.05) is 11.4 Å². The number of aromatic nitrogens is 1. The minimum atomic E-state index is 0.00754. The molecule has 3 aromatic rings. The van der Waals surface area contributed by atoms with E-state index in [-0.39, 0.29) is 5.43 Å². The molecule has 0 bridgehead atoms. The Labute approximate surface area is 169 Å². The Morgan fingerprint density at radius 1 is 1.14 bits per heavy atom. The molecule has 1 aliphatic heterocycles. The number of aryl methyl sites for hydroxylation is 1. The number of nitrogens with one attached hydrogen (secondary N) is 2. The van der Waals surface area contributed by atoms with Crippen LogP contribution in [0.25, 0.3) is 10.9 Å². The number of rotatable bonds is 4. The topological polar surface area (TPSA) is 49.8 Å². The number of nitrogens with zero attached hydrogens (tertiary/aromatic N) is 1. The van der Waals surface area contributed by atoms with Crippen LogP contribution >= 0.6 is 11.6 Å². The number of hydrogen-bond donors (Lipinski definition) is 2. The Hall–Kier alpha value is -2.50. The predicted octanol–water partition coefficient (Wildman–Crippen LogP) is 2.40. The van der Waals surface area contributed by atoms with Gasteiger partial charge in [0.05, 0.1) is 54.8 Å². The maximum Gasteiger partial charge on any atom is 0.200 e. The highest BCUT2D eigenvalue weighted by Gasteiger charge is 2.23. The largest absolute Gasteiger partial charge is 0.495 e. The van der Waals surface area contributed by atoms with Gasteiger partial charge in [0.15, 0.2) is 5.43 Å². The minimum absolute atomic E-state index is 0.00754. The number of ether oxygens (including phenoxy) is 1. The van der Waals surface area contributed by atoms with Crippen LogP contribution in [-0.4, -0.2) is 38.3 Å². The van der Waals surface area contributed by atoms with Gasteiger partial charge < -0.3 is 19.5 Å². The number of benzene rings is 2. The number of pyridine rings is 1. The first kappa shape index (κ1) is 18.8. The molecule has 0 atom stereocenters. The number of aromatic amines is 1. The number of quaternary nitrogens is 1. The Balaban J connectivity index is 1.57. The first-order valence-electron chi connectivity index (χ1n) is 9.60. The van der Waals surface area contributed by atoms with Gasteiger partial charge in [0.2, 0.25) is 0 Å². The summed E-state index contributed by atoms with van der Waals surface area (Å²) in [5, 5.41) is 0.978. The summed E-state index contributed by atoms with van der Waals surface area (Å²) in [5.41, 5.74) is 3.64. The lowest BCUT2D eigenvalue weighted by molar-refractivity contribution is -0.914. The van der Waals surface area contributed by atoms with E-state index < -0.39 is 0 Å². The Bertz CT molecular complexity index is 1040. The zero-order chi connectivity index (χ0) is 19.7. The predicted molar refractivity (Wildman–Crippen MR) is 114 cm³/mol. The third-order valence-electron chi connectivity index (χ3n) is 5.62. The van der Waals surface area contributed by atoms with Crippen molar-refractivity contribution in [1.29, 1.82) is 0 Å². The third-order valence-corrected chi connectivity index (χ3v) is 5.94. The van der Waals surface area contributed by atoms with E-state index in [1.54, 1.807) is 19.2 Å². The Morgan fingerprint density at radius 2 is 1.86 bits per heavy atom. The van der Waals surface area contributed by atoms with Crippen LogP contribution in [-0.2, 0) is 6.54 Å². The van der Waals surface area contributed by atoms with Crippen molar-refractivity contribution in [2.75, 3.05) is 38.2 Å². The van der Waals surface area contributed by atoms with Gasteiger partial charge in [-0.1, -0.05) is 29.8 Å². The lowest BCUT2D eigenvalue weighted by atomic mass is 10.1. The standard InChI is InChI=1S/C22H24ClN3O2/c1-15-17(22(27)20-18(23)8-9-19(28-2)21(20)24-15)14-25-10-12-26(13-11-25)16-6-4-3-5-7-16/h3-9H,10-14H2,1-2H3,(H,24,27)/p+1. The van der Waals surface area contributed by atoms with Gasteiger partial charge in [0.1, 0.15) is 12.3 Å². The second kappa shape index (κ2) is 7.86. The summed E-state index contributed by atoms with van der Waals surface area (Å²) in [5.74, 6) is 0.634. The molecule has 1 aromatic heterocycles. The summed E-state index contributed by atoms with van der Waals surface area (Å²) in [6.45, 7) is 6.62. The minimum Gasteiger partial charge on any atom is -0.495 e. The van der Waals surface area contributed by atoms with Crippen molar-refractivity contribution in [3.63, 3.8) is 0 Å². The number of anilines is 1. The lowest BCUT2D eigenvalue weighted by Gasteiger charge is -2.33. The monoisotopic (exact) mass is 398 g/mol. The molecule has 6 heteroatoms. The highest BCUT2D eigenvalue weighted by atomic mass is 35.5. The number of halogens is 1. The first-order valence-corrected chi connectivity index (χ1v) is 9.98. The molecule has 4 rings (SSSR count). The van der Waals surface area contributed by atoms with Gasteiger partial charge in [-0.2, -0.15) is 0 Å². The van der Waals surface area contributed by atoms with Crippen LogP contribution in [0.2, 0.25) is 5.02 Å². The van der Waals surface area contributed by atoms with Crippen LogP contribution in [0.1, 0.15) is 11.3 Å². The van der Waals surface area contributed by atoms with E-state index in [0.29, 0.717) is 28.2 Å². The zero-order valence-electron chi connectivity index (χ0n) is 16.2. The van der Waals surface area contributed by atoms with Gasteiger partial charge in [-0.25, -0.2) is 0 Å². The van der Waals surface area contributed by atoms with E-state index in [1.807, 2.05) is 13.0 Å². The highest BCUT2D eigenvalue weighted by molar-refractivity contribution is 6.35. The van der Waals surface area contributed by atoms with Crippen LogP contribution in [0, 0.1) is 6.92 Å². The molecule has 0 radical (unpaired) electrons. The molecule has 5 nitrogen and oxygen atoms in total. The van der Waals surface area contributed by atoms with Crippen molar-refractivity contribution in [2.45, 2.75) is 13.5 Å². The fourth-order valence-corrected chi connectivity index (χ4v) is 4.26. The molecule has 28 heavy (non-hydrogen) atoms. The molecule has 2 N–H and O–H groups in total. The highest BCUT2D eigenvalue weighted by Crippen LogP contribution is 2.28. The summed E-state index contributed by atoms with van der Waals surface area (Å²) in [6, 6.07) is 14.0. The first-order chi connectivity index (χ1) is 13.6. The van der Waals surface area contributed by atoms with Crippen LogP contribution in [0.3, 0.4) is 0 Å². The third kappa shape index (κ3) is 3.48. The van der Waals surface area contributed by atoms with E-state index >= 15 is 0 Å². The van der Waals surface area contributed by atoms with Gasteiger partial charge in [-0.15, -0.1) is 0 Å². The lowest BCUT2D eigenvalue weighted by Crippen LogP contribution is -3.13. The summed E-state index contributed by atoms with van der Waals surface area (Å²) in [7, 11) is 1.60. The maximum absolute atomic E-state index is 13.2. The summed E-state index contributed by atoms with van der Waals surface area (Å²) in [6.07, 6.45) is 0. The summed E-state index contributed by atoms with van der Waals surface area (Å²) in [4.78, 5) is 20.4. The average molecular weight is 399 g/mol. The second-order valence-corrected chi connectivity index (χ2v) is 7.71. The van der Waals surface area contributed by atoms with Crippen LogP contribution in [0.4, 0.5) is 5.69 Å². The molecule has 1 fully saturated rings. The van der Waals surface area contributed by atoms with Crippen LogP contribution < -0.4 is 20.0 Å². The molecule has 0 spiro atoms. The van der Waals surface area contributed by atoms with Crippen LogP contribution in [0.15, 0.2) is 47.3 Å². The van der Waals surface area contributed by atoms with E-state index in [9.17, 15) is 4.79 Å². The number of methoxy groups -OCH3 is 1. The number of fused-ring (bicyclic) bond motifs is 1. The average Bonchev–Trinajstić information content (AvgIpc) is 2.72. The Kier molecular flexibility index (Phi) is 5.29. The molecule has 2 heterocycles. The zero-order valence-corrected chi connectivity index (χ0v) is 17.0. The summed E-state index contributed by atoms with van der Waals surface area (Å²) >= 11 is 6.36. The normalized spacial score (nSPS) is 15.2. The number of para-hydroxylation sites is 1. The van der Waals surface area contributed by atoms with E-state index in [4.69, 9.17) is 16.3 Å². The van der Waals surface area contributed by atoms with Crippen molar-refractivity contribution < 1.29 is 9.64 Å². The fraction of sp³-hybridized carbons (Fsp3) is 0.318. The molecule has 0 aliphatic carbocycles. The molecule has 0 unspecified atom stereocenters. The van der Waals surface area contributed by atoms with Crippen molar-refractivity contribution in [1.82, 2.24) is 4.98 Å². The molecule has 2 aromatic carbocycles. The smallest absolute Gasteiger partial charge is 0.200 e. The molecular formula is C22H25ClN3O2+. The molecule has 1 aliphatic rings. The SMILES string of the molecule is COc1ccc(Cl)c2c(=O)c(C[NH+]3CCN(c4ccccc4)CC3)c(C)[nH]c12. The number of hydrogen-bond acceptors (Lipinski definition) is 3. The molecular weight excluding hydrogens is 374 g/mol.